The van der Waals surface area contributed by atoms with Gasteiger partial charge in [0.2, 0.25) is 0 Å². The maximum atomic E-state index is 11.9. The lowest BCUT2D eigenvalue weighted by molar-refractivity contribution is 0.0980. The van der Waals surface area contributed by atoms with E-state index in [1.165, 1.54) is 0 Å². The zero-order chi connectivity index (χ0) is 12.1. The Balaban J connectivity index is 2.18. The number of aromatic nitrogens is 1. The molecule has 17 heavy (non-hydrogen) atoms. The summed E-state index contributed by atoms with van der Waals surface area (Å²) in [5, 5.41) is 1.02. The molecular weight excluding hydrogens is 210 g/mol. The summed E-state index contributed by atoms with van der Waals surface area (Å²) in [5.41, 5.74) is 1.70. The fraction of sp³-hybridized carbons (Fsp3) is 0.200. The Kier molecular flexibility index (Phi) is 3.66. The van der Waals surface area contributed by atoms with Crippen LogP contribution in [0.4, 0.5) is 0 Å². The van der Waals surface area contributed by atoms with E-state index in [0.29, 0.717) is 6.42 Å². The number of hydrogen-bond acceptors (Lipinski definition) is 2. The first-order chi connectivity index (χ1) is 8.31. The molecule has 0 atom stereocenters. The molecule has 2 nitrogen and oxygen atoms in total. The lowest BCUT2D eigenvalue weighted by Crippen LogP contribution is -1.98. The number of nitrogens with zero attached hydrogens (tertiary/aromatic N) is 1. The number of pyridine rings is 1. The van der Waals surface area contributed by atoms with Gasteiger partial charge in [-0.05, 0) is 37.1 Å². The zero-order valence-corrected chi connectivity index (χ0v) is 9.73. The fourth-order valence-corrected chi connectivity index (χ4v) is 1.80. The van der Waals surface area contributed by atoms with E-state index in [9.17, 15) is 4.79 Å². The van der Waals surface area contributed by atoms with Gasteiger partial charge >= 0.3 is 0 Å². The highest BCUT2D eigenvalue weighted by molar-refractivity contribution is 5.99. The summed E-state index contributed by atoms with van der Waals surface area (Å²) in [6, 6.07) is 9.53. The minimum Gasteiger partial charge on any atom is -0.294 e. The van der Waals surface area contributed by atoms with Gasteiger partial charge in [-0.2, -0.15) is 0 Å². The van der Waals surface area contributed by atoms with Gasteiger partial charge < -0.3 is 0 Å². The van der Waals surface area contributed by atoms with Crippen molar-refractivity contribution in [3.63, 3.8) is 0 Å². The Morgan fingerprint density at radius 1 is 1.35 bits per heavy atom. The highest BCUT2D eigenvalue weighted by Crippen LogP contribution is 2.15. The van der Waals surface area contributed by atoms with Crippen LogP contribution >= 0.6 is 0 Å². The van der Waals surface area contributed by atoms with Crippen LogP contribution in [0, 0.1) is 0 Å². The number of benzene rings is 1. The third-order valence-electron chi connectivity index (χ3n) is 2.74. The summed E-state index contributed by atoms with van der Waals surface area (Å²) >= 11 is 0. The number of Topliss-reactive ketones (excluding diaryl/α,β-unsaturated/α-hetero) is 1. The SMILES string of the molecule is C=CCCCC(=O)c1ccc2ncccc2c1. The normalized spacial score (nSPS) is 10.4. The first-order valence-corrected chi connectivity index (χ1v) is 5.80. The molecule has 2 aromatic rings. The standard InChI is InChI=1S/C15H15NO/c1-2-3-4-7-15(17)13-8-9-14-12(11-13)6-5-10-16-14/h2,5-6,8-11H,1,3-4,7H2. The monoisotopic (exact) mass is 225 g/mol. The second-order valence-electron chi connectivity index (χ2n) is 4.01. The summed E-state index contributed by atoms with van der Waals surface area (Å²) in [5.74, 6) is 0.192. The molecule has 1 aromatic carbocycles. The smallest absolute Gasteiger partial charge is 0.162 e. The number of carbonyl (C=O) groups excluding carboxylic acids is 1. The first-order valence-electron chi connectivity index (χ1n) is 5.80. The van der Waals surface area contributed by atoms with Crippen molar-refractivity contribution in [3.8, 4) is 0 Å². The van der Waals surface area contributed by atoms with E-state index in [1.54, 1.807) is 6.20 Å². The van der Waals surface area contributed by atoms with Gasteiger partial charge in [0, 0.05) is 23.6 Å². The average molecular weight is 225 g/mol. The molecular formula is C15H15NO. The minimum absolute atomic E-state index is 0.192. The fourth-order valence-electron chi connectivity index (χ4n) is 1.80. The van der Waals surface area contributed by atoms with E-state index in [0.717, 1.165) is 29.3 Å². The number of rotatable bonds is 5. The van der Waals surface area contributed by atoms with Gasteiger partial charge in [0.1, 0.15) is 0 Å². The molecule has 2 heteroatoms. The molecule has 0 bridgehead atoms. The van der Waals surface area contributed by atoms with Gasteiger partial charge in [-0.3, -0.25) is 9.78 Å². The molecule has 1 aromatic heterocycles. The lowest BCUT2D eigenvalue weighted by Gasteiger charge is -2.02. The highest BCUT2D eigenvalue weighted by Gasteiger charge is 2.05. The van der Waals surface area contributed by atoms with Crippen LogP contribution in [0.3, 0.4) is 0 Å². The van der Waals surface area contributed by atoms with Gasteiger partial charge in [-0.25, -0.2) is 0 Å². The second-order valence-corrected chi connectivity index (χ2v) is 4.01. The molecule has 0 saturated carbocycles. The van der Waals surface area contributed by atoms with Crippen LogP contribution in [0.2, 0.25) is 0 Å². The average Bonchev–Trinajstić information content (AvgIpc) is 2.38. The van der Waals surface area contributed by atoms with Gasteiger partial charge in [0.15, 0.2) is 5.78 Å². The largest absolute Gasteiger partial charge is 0.294 e. The molecule has 0 radical (unpaired) electrons. The first kappa shape index (κ1) is 11.5. The molecule has 0 aliphatic heterocycles. The molecule has 0 aliphatic rings. The van der Waals surface area contributed by atoms with Crippen LogP contribution in [0.25, 0.3) is 10.9 Å². The van der Waals surface area contributed by atoms with Crippen molar-refractivity contribution in [3.05, 3.63) is 54.7 Å². The number of fused-ring (bicyclic) bond motifs is 1. The molecule has 0 spiro atoms. The summed E-state index contributed by atoms with van der Waals surface area (Å²) in [6.07, 6.45) is 5.94. The van der Waals surface area contributed by atoms with Crippen molar-refractivity contribution in [1.82, 2.24) is 4.98 Å². The number of ketones is 1. The van der Waals surface area contributed by atoms with Crippen LogP contribution in [0.1, 0.15) is 29.6 Å². The predicted octanol–water partition coefficient (Wildman–Crippen LogP) is 3.77. The molecule has 86 valence electrons. The van der Waals surface area contributed by atoms with Gasteiger partial charge in [0.25, 0.3) is 0 Å². The predicted molar refractivity (Wildman–Crippen MR) is 70.1 cm³/mol. The molecule has 0 N–H and O–H groups in total. The van der Waals surface area contributed by atoms with Crippen molar-refractivity contribution in [2.45, 2.75) is 19.3 Å². The number of allylic oxidation sites excluding steroid dienone is 1. The quantitative estimate of drug-likeness (QED) is 0.440. The van der Waals surface area contributed by atoms with Gasteiger partial charge in [0.05, 0.1) is 5.52 Å². The topological polar surface area (TPSA) is 30.0 Å². The molecule has 1 heterocycles. The Hall–Kier alpha value is -1.96. The summed E-state index contributed by atoms with van der Waals surface area (Å²) < 4.78 is 0. The molecule has 0 amide bonds. The van der Waals surface area contributed by atoms with E-state index in [-0.39, 0.29) is 5.78 Å². The van der Waals surface area contributed by atoms with Crippen LogP contribution in [0.15, 0.2) is 49.2 Å². The molecule has 0 unspecified atom stereocenters. The van der Waals surface area contributed by atoms with Crippen LogP contribution in [-0.2, 0) is 0 Å². The number of hydrogen-bond donors (Lipinski definition) is 0. The van der Waals surface area contributed by atoms with Crippen molar-refractivity contribution >= 4 is 16.7 Å². The molecule has 0 saturated heterocycles. The Morgan fingerprint density at radius 2 is 2.24 bits per heavy atom. The summed E-state index contributed by atoms with van der Waals surface area (Å²) in [4.78, 5) is 16.1. The van der Waals surface area contributed by atoms with Crippen LogP contribution in [-0.4, -0.2) is 10.8 Å². The van der Waals surface area contributed by atoms with Crippen molar-refractivity contribution < 1.29 is 4.79 Å². The van der Waals surface area contributed by atoms with E-state index in [1.807, 2.05) is 36.4 Å². The van der Waals surface area contributed by atoms with Crippen molar-refractivity contribution in [2.24, 2.45) is 0 Å². The van der Waals surface area contributed by atoms with E-state index >= 15 is 0 Å². The van der Waals surface area contributed by atoms with Crippen LogP contribution in [0.5, 0.6) is 0 Å². The van der Waals surface area contributed by atoms with Crippen molar-refractivity contribution in [2.75, 3.05) is 0 Å². The van der Waals surface area contributed by atoms with Crippen LogP contribution < -0.4 is 0 Å². The Bertz CT molecular complexity index is 545. The summed E-state index contributed by atoms with van der Waals surface area (Å²) in [7, 11) is 0. The third kappa shape index (κ3) is 2.78. The van der Waals surface area contributed by atoms with E-state index in [2.05, 4.69) is 11.6 Å². The maximum absolute atomic E-state index is 11.9. The van der Waals surface area contributed by atoms with Gasteiger partial charge in [-0.15, -0.1) is 6.58 Å². The summed E-state index contributed by atoms with van der Waals surface area (Å²) in [6.45, 7) is 3.65. The number of unbranched alkanes of at least 4 members (excludes halogenated alkanes) is 1. The molecule has 0 fully saturated rings. The lowest BCUT2D eigenvalue weighted by atomic mass is 10.0. The third-order valence-corrected chi connectivity index (χ3v) is 2.74. The minimum atomic E-state index is 0.192. The molecule has 0 aliphatic carbocycles. The zero-order valence-electron chi connectivity index (χ0n) is 9.73. The number of carbonyl (C=O) groups is 1. The Labute approximate surface area is 101 Å². The molecule has 2 rings (SSSR count). The van der Waals surface area contributed by atoms with E-state index in [4.69, 9.17) is 0 Å². The van der Waals surface area contributed by atoms with E-state index < -0.39 is 0 Å². The Morgan fingerprint density at radius 3 is 3.06 bits per heavy atom. The maximum Gasteiger partial charge on any atom is 0.162 e. The second kappa shape index (κ2) is 5.39. The highest BCUT2D eigenvalue weighted by atomic mass is 16.1. The van der Waals surface area contributed by atoms with Gasteiger partial charge in [-0.1, -0.05) is 12.1 Å². The van der Waals surface area contributed by atoms with Crippen molar-refractivity contribution in [1.29, 1.82) is 0 Å².